The zero-order valence-corrected chi connectivity index (χ0v) is 10.3. The first-order valence-corrected chi connectivity index (χ1v) is 5.50. The summed E-state index contributed by atoms with van der Waals surface area (Å²) in [6.45, 7) is 1.67. The molecule has 0 fully saturated rings. The van der Waals surface area contributed by atoms with E-state index in [1.807, 2.05) is 0 Å². The lowest BCUT2D eigenvalue weighted by molar-refractivity contribution is -0.384. The molecule has 8 nitrogen and oxygen atoms in total. The predicted octanol–water partition coefficient (Wildman–Crippen LogP) is 2.07. The molecule has 2 rings (SSSR count). The summed E-state index contributed by atoms with van der Waals surface area (Å²) < 4.78 is 13.2. The number of rotatable bonds is 4. The van der Waals surface area contributed by atoms with Crippen LogP contribution in [0.25, 0.3) is 0 Å². The van der Waals surface area contributed by atoms with Crippen LogP contribution in [0.1, 0.15) is 18.8 Å². The van der Waals surface area contributed by atoms with Crippen molar-refractivity contribution in [2.75, 3.05) is 5.32 Å². The fraction of sp³-hybridized carbons (Fsp3) is 0.222. The molecule has 0 aliphatic carbocycles. The molecule has 1 atom stereocenters. The normalized spacial score (nSPS) is 12.2. The van der Waals surface area contributed by atoms with Gasteiger partial charge in [-0.2, -0.15) is 5.21 Å². The summed E-state index contributed by atoms with van der Waals surface area (Å²) in [5.74, 6) is -0.541. The Balaban J connectivity index is 2.33. The fourth-order valence-electron chi connectivity index (χ4n) is 1.45. The molecule has 1 heterocycles. The van der Waals surface area contributed by atoms with E-state index in [2.05, 4.69) is 25.9 Å². The molecular weight excluding hydrogens is 279 g/mol. The summed E-state index contributed by atoms with van der Waals surface area (Å²) in [5.41, 5.74) is -0.342. The van der Waals surface area contributed by atoms with Crippen molar-refractivity contribution in [3.63, 3.8) is 0 Å². The van der Waals surface area contributed by atoms with Gasteiger partial charge in [0.2, 0.25) is 0 Å². The molecular formula is C9H8ClFN6O2. The first kappa shape index (κ1) is 13.1. The van der Waals surface area contributed by atoms with Crippen molar-refractivity contribution in [3.8, 4) is 0 Å². The molecule has 0 bridgehead atoms. The number of nitrogens with one attached hydrogen (secondary N) is 2. The highest BCUT2D eigenvalue weighted by Crippen LogP contribution is 2.32. The van der Waals surface area contributed by atoms with Gasteiger partial charge in [-0.1, -0.05) is 16.8 Å². The van der Waals surface area contributed by atoms with Gasteiger partial charge in [0, 0.05) is 0 Å². The molecule has 1 unspecified atom stereocenters. The number of halogens is 2. The Labute approximate surface area is 111 Å². The number of H-pyrrole nitrogens is 1. The van der Waals surface area contributed by atoms with E-state index in [0.717, 1.165) is 12.1 Å². The van der Waals surface area contributed by atoms with E-state index >= 15 is 0 Å². The third-order valence-electron chi connectivity index (χ3n) is 2.36. The Morgan fingerprint density at radius 3 is 2.89 bits per heavy atom. The monoisotopic (exact) mass is 286 g/mol. The lowest BCUT2D eigenvalue weighted by atomic mass is 10.2. The van der Waals surface area contributed by atoms with Crippen LogP contribution in [0.3, 0.4) is 0 Å². The van der Waals surface area contributed by atoms with Crippen LogP contribution < -0.4 is 5.32 Å². The van der Waals surface area contributed by atoms with Gasteiger partial charge in [-0.15, -0.1) is 10.2 Å². The minimum absolute atomic E-state index is 0.0775. The largest absolute Gasteiger partial charge is 0.370 e. The van der Waals surface area contributed by atoms with E-state index in [4.69, 9.17) is 11.6 Å². The highest BCUT2D eigenvalue weighted by Gasteiger charge is 2.20. The molecule has 0 amide bonds. The molecule has 100 valence electrons. The number of anilines is 1. The summed E-state index contributed by atoms with van der Waals surface area (Å²) in [5, 5.41) is 26.6. The number of nitrogens with zero attached hydrogens (tertiary/aromatic N) is 4. The Kier molecular flexibility index (Phi) is 3.56. The van der Waals surface area contributed by atoms with Crippen LogP contribution in [-0.2, 0) is 0 Å². The maximum absolute atomic E-state index is 13.2. The first-order chi connectivity index (χ1) is 8.99. The van der Waals surface area contributed by atoms with E-state index < -0.39 is 22.5 Å². The summed E-state index contributed by atoms with van der Waals surface area (Å²) in [6, 6.07) is 1.44. The van der Waals surface area contributed by atoms with Crippen LogP contribution in [-0.4, -0.2) is 25.5 Å². The van der Waals surface area contributed by atoms with E-state index in [9.17, 15) is 14.5 Å². The standard InChI is InChI=1S/C9H8ClFN6O2/c1-4(9-13-15-16-14-9)12-7-2-5(10)6(11)3-8(7)17(18)19/h2-4,12H,1H3,(H,13,14,15,16). The van der Waals surface area contributed by atoms with Gasteiger partial charge >= 0.3 is 0 Å². The van der Waals surface area contributed by atoms with Gasteiger partial charge in [-0.3, -0.25) is 10.1 Å². The second kappa shape index (κ2) is 5.14. The van der Waals surface area contributed by atoms with Gasteiger partial charge in [-0.05, 0) is 13.0 Å². The molecule has 0 spiro atoms. The van der Waals surface area contributed by atoms with Crippen LogP contribution in [0.15, 0.2) is 12.1 Å². The first-order valence-electron chi connectivity index (χ1n) is 5.12. The molecule has 19 heavy (non-hydrogen) atoms. The van der Waals surface area contributed by atoms with Crippen LogP contribution in [0, 0.1) is 15.9 Å². The Bertz CT molecular complexity index is 605. The number of hydrogen-bond acceptors (Lipinski definition) is 6. The van der Waals surface area contributed by atoms with Gasteiger partial charge in [0.15, 0.2) is 5.82 Å². The minimum atomic E-state index is -0.855. The summed E-state index contributed by atoms with van der Waals surface area (Å²) in [6.07, 6.45) is 0. The van der Waals surface area contributed by atoms with Crippen LogP contribution in [0.5, 0.6) is 0 Å². The molecule has 2 aromatic rings. The average Bonchev–Trinajstić information content (AvgIpc) is 2.86. The number of benzene rings is 1. The Morgan fingerprint density at radius 2 is 2.32 bits per heavy atom. The van der Waals surface area contributed by atoms with Crippen molar-refractivity contribution >= 4 is 23.0 Å². The molecule has 0 aliphatic heterocycles. The second-order valence-electron chi connectivity index (χ2n) is 3.68. The molecule has 0 saturated heterocycles. The van der Waals surface area contributed by atoms with Crippen LogP contribution in [0.4, 0.5) is 15.8 Å². The van der Waals surface area contributed by atoms with Gasteiger partial charge in [0.05, 0.1) is 22.1 Å². The third-order valence-corrected chi connectivity index (χ3v) is 2.65. The number of tetrazole rings is 1. The maximum atomic E-state index is 13.2. The Hall–Kier alpha value is -2.29. The fourth-order valence-corrected chi connectivity index (χ4v) is 1.62. The van der Waals surface area contributed by atoms with Gasteiger partial charge < -0.3 is 5.32 Å². The van der Waals surface area contributed by atoms with Gasteiger partial charge in [0.1, 0.15) is 11.5 Å². The highest BCUT2D eigenvalue weighted by atomic mass is 35.5. The summed E-state index contributed by atoms with van der Waals surface area (Å²) in [7, 11) is 0. The number of aromatic amines is 1. The number of aromatic nitrogens is 4. The smallest absolute Gasteiger partial charge is 0.295 e. The lowest BCUT2D eigenvalue weighted by Gasteiger charge is -2.12. The van der Waals surface area contributed by atoms with Crippen molar-refractivity contribution in [2.45, 2.75) is 13.0 Å². The lowest BCUT2D eigenvalue weighted by Crippen LogP contribution is -2.10. The van der Waals surface area contributed by atoms with Gasteiger partial charge in [-0.25, -0.2) is 4.39 Å². The molecule has 1 aromatic heterocycles. The predicted molar refractivity (Wildman–Crippen MR) is 64.3 cm³/mol. The second-order valence-corrected chi connectivity index (χ2v) is 4.08. The maximum Gasteiger partial charge on any atom is 0.295 e. The summed E-state index contributed by atoms with van der Waals surface area (Å²) >= 11 is 5.61. The molecule has 0 radical (unpaired) electrons. The zero-order chi connectivity index (χ0) is 14.0. The minimum Gasteiger partial charge on any atom is -0.370 e. The third kappa shape index (κ3) is 2.76. The molecule has 0 aliphatic rings. The number of nitro groups is 1. The SMILES string of the molecule is CC(Nc1cc(Cl)c(F)cc1[N+](=O)[O-])c1nn[nH]n1. The van der Waals surface area contributed by atoms with E-state index in [0.29, 0.717) is 5.82 Å². The molecule has 0 saturated carbocycles. The van der Waals surface area contributed by atoms with Crippen molar-refractivity contribution in [3.05, 3.63) is 38.9 Å². The van der Waals surface area contributed by atoms with Gasteiger partial charge in [0.25, 0.3) is 5.69 Å². The highest BCUT2D eigenvalue weighted by molar-refractivity contribution is 6.31. The topological polar surface area (TPSA) is 110 Å². The van der Waals surface area contributed by atoms with Crippen molar-refractivity contribution in [1.29, 1.82) is 0 Å². The molecule has 2 N–H and O–H groups in total. The zero-order valence-electron chi connectivity index (χ0n) is 9.59. The van der Waals surface area contributed by atoms with Crippen molar-refractivity contribution in [1.82, 2.24) is 20.6 Å². The van der Waals surface area contributed by atoms with Crippen molar-refractivity contribution in [2.24, 2.45) is 0 Å². The van der Waals surface area contributed by atoms with E-state index in [-0.39, 0.29) is 10.7 Å². The number of nitro benzene ring substituents is 1. The molecule has 10 heteroatoms. The summed E-state index contributed by atoms with van der Waals surface area (Å²) in [4.78, 5) is 10.2. The van der Waals surface area contributed by atoms with Crippen LogP contribution in [0.2, 0.25) is 5.02 Å². The quantitative estimate of drug-likeness (QED) is 0.657. The van der Waals surface area contributed by atoms with Crippen LogP contribution >= 0.6 is 11.6 Å². The van der Waals surface area contributed by atoms with Crippen molar-refractivity contribution < 1.29 is 9.31 Å². The van der Waals surface area contributed by atoms with E-state index in [1.165, 1.54) is 0 Å². The van der Waals surface area contributed by atoms with E-state index in [1.54, 1.807) is 6.92 Å². The average molecular weight is 287 g/mol. The number of hydrogen-bond donors (Lipinski definition) is 2. The molecule has 1 aromatic carbocycles. The Morgan fingerprint density at radius 1 is 1.58 bits per heavy atom.